The van der Waals surface area contributed by atoms with Crippen molar-refractivity contribution < 1.29 is 9.53 Å². The molecule has 1 fully saturated rings. The van der Waals surface area contributed by atoms with E-state index in [1.165, 1.54) is 0 Å². The number of rotatable bonds is 7. The number of nitrogens with one attached hydrogen (secondary N) is 2. The number of aliphatic imine (C=N–C) groups is 1. The molecular weight excluding hydrogens is 340 g/mol. The molecule has 150 valence electrons. The van der Waals surface area contributed by atoms with Gasteiger partial charge in [-0.25, -0.2) is 4.99 Å². The molecule has 1 aromatic rings. The highest BCUT2D eigenvalue weighted by Gasteiger charge is 2.23. The second-order valence-electron chi connectivity index (χ2n) is 7.11. The van der Waals surface area contributed by atoms with Gasteiger partial charge in [0.1, 0.15) is 12.4 Å². The Balaban J connectivity index is 1.85. The lowest BCUT2D eigenvalue weighted by Crippen LogP contribution is -2.46. The van der Waals surface area contributed by atoms with Crippen LogP contribution in [0.2, 0.25) is 0 Å². The first-order chi connectivity index (χ1) is 13.0. The SMILES string of the molecule is CCNC(=NCCOc1c(C)cccc1C)N1CCC(CC(=O)NC)CC1. The molecular formula is C21H34N4O2. The van der Waals surface area contributed by atoms with Crippen LogP contribution in [0.25, 0.3) is 0 Å². The second kappa shape index (κ2) is 10.8. The number of para-hydroxylation sites is 1. The first kappa shape index (κ1) is 21.1. The lowest BCUT2D eigenvalue weighted by Gasteiger charge is -2.34. The third kappa shape index (κ3) is 6.45. The molecule has 1 aliphatic heterocycles. The molecule has 2 rings (SSSR count). The molecule has 1 amide bonds. The normalized spacial score (nSPS) is 15.6. The molecule has 1 aromatic carbocycles. The Hall–Kier alpha value is -2.24. The van der Waals surface area contributed by atoms with Gasteiger partial charge in [-0.3, -0.25) is 4.79 Å². The van der Waals surface area contributed by atoms with Gasteiger partial charge in [0.2, 0.25) is 5.91 Å². The summed E-state index contributed by atoms with van der Waals surface area (Å²) >= 11 is 0. The van der Waals surface area contributed by atoms with E-state index in [1.807, 2.05) is 6.07 Å². The third-order valence-electron chi connectivity index (χ3n) is 5.01. The van der Waals surface area contributed by atoms with Crippen LogP contribution in [-0.4, -0.2) is 56.6 Å². The summed E-state index contributed by atoms with van der Waals surface area (Å²) in [6.45, 7) is 10.1. The van der Waals surface area contributed by atoms with E-state index in [9.17, 15) is 4.79 Å². The van der Waals surface area contributed by atoms with Gasteiger partial charge in [-0.05, 0) is 50.7 Å². The van der Waals surface area contributed by atoms with Gasteiger partial charge in [0, 0.05) is 33.1 Å². The number of guanidine groups is 1. The zero-order valence-electron chi connectivity index (χ0n) is 17.2. The van der Waals surface area contributed by atoms with E-state index in [0.717, 1.165) is 55.3 Å². The molecule has 0 saturated carbocycles. The minimum atomic E-state index is 0.137. The van der Waals surface area contributed by atoms with Gasteiger partial charge in [0.25, 0.3) is 0 Å². The van der Waals surface area contributed by atoms with E-state index in [-0.39, 0.29) is 5.91 Å². The standard InChI is InChI=1S/C21H34N4O2/c1-5-23-21(25-12-9-18(10-13-25)15-19(26)22-4)24-11-14-27-20-16(2)7-6-8-17(20)3/h6-8,18H,5,9-15H2,1-4H3,(H,22,26)(H,23,24). The lowest BCUT2D eigenvalue weighted by atomic mass is 9.93. The van der Waals surface area contributed by atoms with Crippen LogP contribution >= 0.6 is 0 Å². The summed E-state index contributed by atoms with van der Waals surface area (Å²) in [5, 5.41) is 6.10. The maximum atomic E-state index is 11.6. The minimum absolute atomic E-state index is 0.137. The zero-order valence-corrected chi connectivity index (χ0v) is 17.2. The van der Waals surface area contributed by atoms with Gasteiger partial charge >= 0.3 is 0 Å². The predicted octanol–water partition coefficient (Wildman–Crippen LogP) is 2.50. The fourth-order valence-electron chi connectivity index (χ4n) is 3.47. The van der Waals surface area contributed by atoms with Gasteiger partial charge in [-0.15, -0.1) is 0 Å². The van der Waals surface area contributed by atoms with Crippen molar-refractivity contribution in [3.05, 3.63) is 29.3 Å². The summed E-state index contributed by atoms with van der Waals surface area (Å²) in [5.41, 5.74) is 2.31. The molecule has 0 unspecified atom stereocenters. The summed E-state index contributed by atoms with van der Waals surface area (Å²) < 4.78 is 5.96. The van der Waals surface area contributed by atoms with Gasteiger partial charge in [0.15, 0.2) is 5.96 Å². The van der Waals surface area contributed by atoms with E-state index >= 15 is 0 Å². The molecule has 6 nitrogen and oxygen atoms in total. The van der Waals surface area contributed by atoms with Crippen molar-refractivity contribution in [1.29, 1.82) is 0 Å². The number of likely N-dealkylation sites (tertiary alicyclic amines) is 1. The second-order valence-corrected chi connectivity index (χ2v) is 7.11. The van der Waals surface area contributed by atoms with Crippen molar-refractivity contribution in [1.82, 2.24) is 15.5 Å². The number of hydrogen-bond donors (Lipinski definition) is 2. The Morgan fingerprint density at radius 1 is 1.26 bits per heavy atom. The van der Waals surface area contributed by atoms with Crippen molar-refractivity contribution in [3.63, 3.8) is 0 Å². The fraction of sp³-hybridized carbons (Fsp3) is 0.619. The molecule has 0 atom stereocenters. The quantitative estimate of drug-likeness (QED) is 0.437. The highest BCUT2D eigenvalue weighted by Crippen LogP contribution is 2.22. The van der Waals surface area contributed by atoms with Crippen LogP contribution in [-0.2, 0) is 4.79 Å². The number of piperidine rings is 1. The molecule has 0 aromatic heterocycles. The molecule has 6 heteroatoms. The predicted molar refractivity (Wildman–Crippen MR) is 110 cm³/mol. The van der Waals surface area contributed by atoms with E-state index < -0.39 is 0 Å². The number of benzene rings is 1. The Morgan fingerprint density at radius 2 is 1.93 bits per heavy atom. The zero-order chi connectivity index (χ0) is 19.6. The van der Waals surface area contributed by atoms with E-state index in [4.69, 9.17) is 9.73 Å². The first-order valence-corrected chi connectivity index (χ1v) is 9.98. The first-order valence-electron chi connectivity index (χ1n) is 9.98. The molecule has 0 radical (unpaired) electrons. The lowest BCUT2D eigenvalue weighted by molar-refractivity contribution is -0.121. The van der Waals surface area contributed by atoms with Crippen LogP contribution in [0.1, 0.15) is 37.3 Å². The van der Waals surface area contributed by atoms with Gasteiger partial charge in [0.05, 0.1) is 6.54 Å². The molecule has 1 saturated heterocycles. The van der Waals surface area contributed by atoms with Crippen molar-refractivity contribution in [2.45, 2.75) is 40.0 Å². The van der Waals surface area contributed by atoms with Crippen LogP contribution in [0.5, 0.6) is 5.75 Å². The van der Waals surface area contributed by atoms with Crippen LogP contribution in [0.3, 0.4) is 0 Å². The average molecular weight is 375 g/mol. The topological polar surface area (TPSA) is 66.0 Å². The number of carbonyl (C=O) groups is 1. The summed E-state index contributed by atoms with van der Waals surface area (Å²) in [6, 6.07) is 6.18. The molecule has 27 heavy (non-hydrogen) atoms. The van der Waals surface area contributed by atoms with Gasteiger partial charge in [-0.2, -0.15) is 0 Å². The van der Waals surface area contributed by atoms with Crippen molar-refractivity contribution >= 4 is 11.9 Å². The molecule has 1 heterocycles. The van der Waals surface area contributed by atoms with Gasteiger partial charge < -0.3 is 20.3 Å². The molecule has 2 N–H and O–H groups in total. The van der Waals surface area contributed by atoms with E-state index in [2.05, 4.69) is 48.4 Å². The summed E-state index contributed by atoms with van der Waals surface area (Å²) in [7, 11) is 1.70. The van der Waals surface area contributed by atoms with Crippen molar-refractivity contribution in [3.8, 4) is 5.75 Å². The summed E-state index contributed by atoms with van der Waals surface area (Å²) in [5.74, 6) is 2.52. The minimum Gasteiger partial charge on any atom is -0.491 e. The number of nitrogens with zero attached hydrogens (tertiary/aromatic N) is 2. The summed E-state index contributed by atoms with van der Waals surface area (Å²) in [6.07, 6.45) is 2.68. The largest absolute Gasteiger partial charge is 0.491 e. The third-order valence-corrected chi connectivity index (χ3v) is 5.01. The maximum Gasteiger partial charge on any atom is 0.220 e. The molecule has 0 spiro atoms. The average Bonchev–Trinajstić information content (AvgIpc) is 2.66. The number of carbonyl (C=O) groups excluding carboxylic acids is 1. The number of amides is 1. The summed E-state index contributed by atoms with van der Waals surface area (Å²) in [4.78, 5) is 18.6. The maximum absolute atomic E-state index is 11.6. The number of ether oxygens (including phenoxy) is 1. The highest BCUT2D eigenvalue weighted by molar-refractivity contribution is 5.80. The Bertz CT molecular complexity index is 617. The van der Waals surface area contributed by atoms with Crippen molar-refractivity contribution in [2.24, 2.45) is 10.9 Å². The number of hydrogen-bond acceptors (Lipinski definition) is 3. The van der Waals surface area contributed by atoms with Gasteiger partial charge in [-0.1, -0.05) is 18.2 Å². The smallest absolute Gasteiger partial charge is 0.220 e. The number of aryl methyl sites for hydroxylation is 2. The molecule has 0 bridgehead atoms. The monoisotopic (exact) mass is 374 g/mol. The van der Waals surface area contributed by atoms with Crippen LogP contribution in [0.15, 0.2) is 23.2 Å². The molecule has 1 aliphatic rings. The Kier molecular flexibility index (Phi) is 8.43. The Morgan fingerprint density at radius 3 is 2.52 bits per heavy atom. The Labute approximate surface area is 163 Å². The van der Waals surface area contributed by atoms with Crippen LogP contribution in [0, 0.1) is 19.8 Å². The van der Waals surface area contributed by atoms with E-state index in [1.54, 1.807) is 7.05 Å². The van der Waals surface area contributed by atoms with Crippen LogP contribution in [0.4, 0.5) is 0 Å². The van der Waals surface area contributed by atoms with Crippen molar-refractivity contribution in [2.75, 3.05) is 39.8 Å². The van der Waals surface area contributed by atoms with E-state index in [0.29, 0.717) is 25.5 Å². The molecule has 0 aliphatic carbocycles. The fourth-order valence-corrected chi connectivity index (χ4v) is 3.47. The highest BCUT2D eigenvalue weighted by atomic mass is 16.5. The van der Waals surface area contributed by atoms with Crippen LogP contribution < -0.4 is 15.4 Å².